The molecule has 0 saturated heterocycles. The van der Waals surface area contributed by atoms with Crippen molar-refractivity contribution in [3.05, 3.63) is 30.5 Å². The van der Waals surface area contributed by atoms with Crippen LogP contribution >= 0.6 is 0 Å². The van der Waals surface area contributed by atoms with Crippen LogP contribution in [0.5, 0.6) is 17.2 Å². The van der Waals surface area contributed by atoms with E-state index in [-0.39, 0.29) is 0 Å². The van der Waals surface area contributed by atoms with Gasteiger partial charge >= 0.3 is 0 Å². The van der Waals surface area contributed by atoms with Gasteiger partial charge in [0.15, 0.2) is 11.5 Å². The zero-order chi connectivity index (χ0) is 12.3. The van der Waals surface area contributed by atoms with Gasteiger partial charge in [-0.15, -0.1) is 0 Å². The highest BCUT2D eigenvalue weighted by molar-refractivity contribution is 5.67. The first-order valence-corrected chi connectivity index (χ1v) is 5.14. The van der Waals surface area contributed by atoms with Crippen LogP contribution in [0.15, 0.2) is 34.9 Å². The van der Waals surface area contributed by atoms with Gasteiger partial charge in [-0.05, 0) is 24.3 Å². The van der Waals surface area contributed by atoms with Gasteiger partial charge in [0.05, 0.1) is 27.6 Å². The van der Waals surface area contributed by atoms with E-state index < -0.39 is 0 Å². The van der Waals surface area contributed by atoms with Gasteiger partial charge in [0.2, 0.25) is 5.75 Å². The van der Waals surface area contributed by atoms with Gasteiger partial charge in [-0.25, -0.2) is 0 Å². The van der Waals surface area contributed by atoms with Gasteiger partial charge in [0, 0.05) is 5.56 Å². The number of hydrogen-bond donors (Lipinski definition) is 0. The summed E-state index contributed by atoms with van der Waals surface area (Å²) in [6, 6.07) is 7.40. The van der Waals surface area contributed by atoms with Crippen LogP contribution in [0.1, 0.15) is 0 Å². The molecule has 1 heterocycles. The molecule has 0 spiro atoms. The van der Waals surface area contributed by atoms with Crippen LogP contribution in [-0.2, 0) is 0 Å². The molecule has 0 radical (unpaired) electrons. The van der Waals surface area contributed by atoms with E-state index in [0.29, 0.717) is 17.2 Å². The molecule has 1 aromatic carbocycles. The molecule has 1 aromatic heterocycles. The third kappa shape index (κ3) is 2.06. The van der Waals surface area contributed by atoms with Gasteiger partial charge in [-0.2, -0.15) is 0 Å². The van der Waals surface area contributed by atoms with Crippen molar-refractivity contribution in [2.24, 2.45) is 0 Å². The van der Waals surface area contributed by atoms with Crippen LogP contribution < -0.4 is 14.2 Å². The van der Waals surface area contributed by atoms with Gasteiger partial charge in [-0.1, -0.05) is 0 Å². The Morgan fingerprint density at radius 2 is 1.59 bits per heavy atom. The molecule has 4 nitrogen and oxygen atoms in total. The average molecular weight is 234 g/mol. The Hall–Kier alpha value is -2.10. The molecule has 0 aliphatic carbocycles. The Bertz CT molecular complexity index is 463. The standard InChI is InChI=1S/C13H14O4/c1-14-11-7-9(10-5-4-6-17-10)8-12(15-2)13(11)16-3/h4-8H,1-3H3. The van der Waals surface area contributed by atoms with E-state index in [2.05, 4.69) is 0 Å². The maximum atomic E-state index is 5.34. The minimum atomic E-state index is 0.574. The van der Waals surface area contributed by atoms with E-state index in [1.807, 2.05) is 24.3 Å². The van der Waals surface area contributed by atoms with Crippen LogP contribution in [0.3, 0.4) is 0 Å². The van der Waals surface area contributed by atoms with Gasteiger partial charge < -0.3 is 18.6 Å². The van der Waals surface area contributed by atoms with Crippen LogP contribution in [0.4, 0.5) is 0 Å². The highest BCUT2D eigenvalue weighted by Crippen LogP contribution is 2.41. The highest BCUT2D eigenvalue weighted by atomic mass is 16.5. The fourth-order valence-electron chi connectivity index (χ4n) is 1.67. The van der Waals surface area contributed by atoms with E-state index in [1.54, 1.807) is 27.6 Å². The molecule has 2 rings (SSSR count). The lowest BCUT2D eigenvalue weighted by molar-refractivity contribution is 0.324. The maximum Gasteiger partial charge on any atom is 0.203 e. The number of rotatable bonds is 4. The summed E-state index contributed by atoms with van der Waals surface area (Å²) in [7, 11) is 4.75. The number of hydrogen-bond acceptors (Lipinski definition) is 4. The molecule has 0 bridgehead atoms. The van der Waals surface area contributed by atoms with Crippen molar-refractivity contribution in [1.29, 1.82) is 0 Å². The lowest BCUT2D eigenvalue weighted by atomic mass is 10.1. The smallest absolute Gasteiger partial charge is 0.203 e. The van der Waals surface area contributed by atoms with Crippen LogP contribution in [-0.4, -0.2) is 21.3 Å². The van der Waals surface area contributed by atoms with Crippen LogP contribution in [0.2, 0.25) is 0 Å². The molecule has 0 aliphatic rings. The van der Waals surface area contributed by atoms with E-state index in [1.165, 1.54) is 0 Å². The van der Waals surface area contributed by atoms with E-state index in [4.69, 9.17) is 18.6 Å². The largest absolute Gasteiger partial charge is 0.493 e. The van der Waals surface area contributed by atoms with Crippen molar-refractivity contribution in [2.75, 3.05) is 21.3 Å². The first-order valence-electron chi connectivity index (χ1n) is 5.14. The second kappa shape index (κ2) is 4.82. The van der Waals surface area contributed by atoms with Gasteiger partial charge in [0.1, 0.15) is 5.76 Å². The minimum absolute atomic E-state index is 0.574. The first kappa shape index (κ1) is 11.4. The summed E-state index contributed by atoms with van der Waals surface area (Å²) in [6.45, 7) is 0. The fraction of sp³-hybridized carbons (Fsp3) is 0.231. The number of ether oxygens (including phenoxy) is 3. The summed E-state index contributed by atoms with van der Waals surface area (Å²) in [5.41, 5.74) is 0.879. The van der Waals surface area contributed by atoms with Crippen molar-refractivity contribution in [2.45, 2.75) is 0 Å². The molecule has 0 fully saturated rings. The third-order valence-corrected chi connectivity index (χ3v) is 2.47. The molecule has 0 aliphatic heterocycles. The topological polar surface area (TPSA) is 40.8 Å². The number of methoxy groups -OCH3 is 3. The molecular formula is C13H14O4. The van der Waals surface area contributed by atoms with Crippen molar-refractivity contribution >= 4 is 0 Å². The molecule has 0 saturated carbocycles. The fourth-order valence-corrected chi connectivity index (χ4v) is 1.67. The minimum Gasteiger partial charge on any atom is -0.493 e. The predicted octanol–water partition coefficient (Wildman–Crippen LogP) is 2.97. The Kier molecular flexibility index (Phi) is 3.23. The van der Waals surface area contributed by atoms with Crippen LogP contribution in [0, 0.1) is 0 Å². The summed E-state index contributed by atoms with van der Waals surface area (Å²) in [6.07, 6.45) is 1.62. The predicted molar refractivity (Wildman–Crippen MR) is 63.8 cm³/mol. The average Bonchev–Trinajstić information content (AvgIpc) is 2.90. The summed E-state index contributed by atoms with van der Waals surface area (Å²) >= 11 is 0. The normalized spacial score (nSPS) is 10.1. The van der Waals surface area contributed by atoms with Crippen molar-refractivity contribution in [1.82, 2.24) is 0 Å². The monoisotopic (exact) mass is 234 g/mol. The molecule has 0 unspecified atom stereocenters. The lowest BCUT2D eigenvalue weighted by Gasteiger charge is -2.13. The Morgan fingerprint density at radius 3 is 2.00 bits per heavy atom. The Labute approximate surface area is 99.7 Å². The number of benzene rings is 1. The maximum absolute atomic E-state index is 5.34. The first-order chi connectivity index (χ1) is 8.30. The zero-order valence-electron chi connectivity index (χ0n) is 10.0. The molecule has 4 heteroatoms. The Morgan fingerprint density at radius 1 is 0.941 bits per heavy atom. The van der Waals surface area contributed by atoms with E-state index >= 15 is 0 Å². The van der Waals surface area contributed by atoms with Crippen LogP contribution in [0.25, 0.3) is 11.3 Å². The quantitative estimate of drug-likeness (QED) is 0.815. The lowest BCUT2D eigenvalue weighted by Crippen LogP contribution is -1.95. The SMILES string of the molecule is COc1cc(-c2ccco2)cc(OC)c1OC. The molecule has 0 amide bonds. The van der Waals surface area contributed by atoms with Gasteiger partial charge in [-0.3, -0.25) is 0 Å². The third-order valence-electron chi connectivity index (χ3n) is 2.47. The summed E-state index contributed by atoms with van der Waals surface area (Å²) in [5.74, 6) is 2.55. The molecule has 0 N–H and O–H groups in total. The van der Waals surface area contributed by atoms with E-state index in [0.717, 1.165) is 11.3 Å². The molecule has 17 heavy (non-hydrogen) atoms. The highest BCUT2D eigenvalue weighted by Gasteiger charge is 2.14. The van der Waals surface area contributed by atoms with E-state index in [9.17, 15) is 0 Å². The summed E-state index contributed by atoms with van der Waals surface area (Å²) in [5, 5.41) is 0. The van der Waals surface area contributed by atoms with Crippen molar-refractivity contribution < 1.29 is 18.6 Å². The zero-order valence-corrected chi connectivity index (χ0v) is 10.0. The number of furan rings is 1. The summed E-state index contributed by atoms with van der Waals surface area (Å²) < 4.78 is 21.1. The summed E-state index contributed by atoms with van der Waals surface area (Å²) in [4.78, 5) is 0. The second-order valence-corrected chi connectivity index (χ2v) is 3.39. The molecule has 90 valence electrons. The Balaban J connectivity index is 2.56. The molecular weight excluding hydrogens is 220 g/mol. The second-order valence-electron chi connectivity index (χ2n) is 3.39. The van der Waals surface area contributed by atoms with Crippen molar-refractivity contribution in [3.8, 4) is 28.6 Å². The molecule has 0 atom stereocenters. The van der Waals surface area contributed by atoms with Crippen molar-refractivity contribution in [3.63, 3.8) is 0 Å². The van der Waals surface area contributed by atoms with Gasteiger partial charge in [0.25, 0.3) is 0 Å². The molecule has 2 aromatic rings.